The van der Waals surface area contributed by atoms with Crippen molar-refractivity contribution in [3.05, 3.63) is 96.6 Å². The highest BCUT2D eigenvalue weighted by Gasteiger charge is 2.07. The normalized spacial score (nSPS) is 10.2. The maximum absolute atomic E-state index is 9.47. The molecule has 0 spiro atoms. The molecule has 0 aliphatic heterocycles. The fraction of sp³-hybridized carbons (Fsp3) is 0.0455. The van der Waals surface area contributed by atoms with Crippen molar-refractivity contribution in [2.75, 3.05) is 5.43 Å². The van der Waals surface area contributed by atoms with Gasteiger partial charge in [0.25, 0.3) is 0 Å². The van der Waals surface area contributed by atoms with Crippen LogP contribution in [-0.2, 0) is 6.61 Å². The van der Waals surface area contributed by atoms with E-state index in [0.29, 0.717) is 12.2 Å². The number of anilines is 1. The topological polar surface area (TPSA) is 75.8 Å². The molecule has 0 saturated heterocycles. The molecule has 136 valence electrons. The molecule has 0 unspecified atom stereocenters. The van der Waals surface area contributed by atoms with Crippen LogP contribution in [0.2, 0.25) is 0 Å². The van der Waals surface area contributed by atoms with Gasteiger partial charge in [-0.1, -0.05) is 42.5 Å². The van der Waals surface area contributed by atoms with Gasteiger partial charge in [0.2, 0.25) is 0 Å². The Morgan fingerprint density at radius 2 is 1.68 bits per heavy atom. The van der Waals surface area contributed by atoms with Crippen molar-refractivity contribution in [3.8, 4) is 22.9 Å². The number of hydrogen-bond acceptors (Lipinski definition) is 5. The third kappa shape index (κ3) is 4.00. The summed E-state index contributed by atoms with van der Waals surface area (Å²) in [6.45, 7) is 0.516. The summed E-state index contributed by atoms with van der Waals surface area (Å²) in [5.74, 6) is 0.782. The number of rotatable bonds is 6. The van der Waals surface area contributed by atoms with E-state index in [-0.39, 0.29) is 0 Å². The van der Waals surface area contributed by atoms with E-state index in [0.717, 1.165) is 28.1 Å². The lowest BCUT2D eigenvalue weighted by Crippen LogP contribution is -2.06. The molecule has 0 fully saturated rings. The number of ether oxygens (including phenoxy) is 1. The molecule has 0 bridgehead atoms. The van der Waals surface area contributed by atoms with Gasteiger partial charge in [-0.05, 0) is 41.5 Å². The van der Waals surface area contributed by atoms with Crippen LogP contribution in [0.15, 0.2) is 85.5 Å². The number of nitrogens with one attached hydrogen (secondary N) is 1. The molecule has 0 saturated carbocycles. The molecular formula is C22H17N5O. The first kappa shape index (κ1) is 17.3. The Labute approximate surface area is 162 Å². The van der Waals surface area contributed by atoms with Crippen molar-refractivity contribution in [2.45, 2.75) is 6.61 Å². The Morgan fingerprint density at radius 1 is 0.929 bits per heavy atom. The minimum Gasteiger partial charge on any atom is -0.489 e. The van der Waals surface area contributed by atoms with E-state index in [4.69, 9.17) is 4.74 Å². The molecule has 0 atom stereocenters. The van der Waals surface area contributed by atoms with Crippen molar-refractivity contribution in [1.82, 2.24) is 14.9 Å². The van der Waals surface area contributed by atoms with Crippen molar-refractivity contribution in [2.24, 2.45) is 0 Å². The average Bonchev–Trinajstić information content (AvgIpc) is 3.26. The van der Waals surface area contributed by atoms with Gasteiger partial charge in [-0.3, -0.25) is 5.43 Å². The molecule has 6 heteroatoms. The smallest absolute Gasteiger partial charge is 0.139 e. The molecule has 3 aromatic carbocycles. The molecule has 6 nitrogen and oxygen atoms in total. The number of nitrogens with zero attached hydrogens (tertiary/aromatic N) is 4. The molecule has 1 heterocycles. The third-order valence-electron chi connectivity index (χ3n) is 4.23. The van der Waals surface area contributed by atoms with Gasteiger partial charge < -0.3 is 4.74 Å². The van der Waals surface area contributed by atoms with E-state index in [1.807, 2.05) is 66.7 Å². The fourth-order valence-electron chi connectivity index (χ4n) is 2.83. The first-order chi connectivity index (χ1) is 13.8. The van der Waals surface area contributed by atoms with Crippen LogP contribution >= 0.6 is 0 Å². The van der Waals surface area contributed by atoms with Gasteiger partial charge in [-0.15, -0.1) is 10.2 Å². The van der Waals surface area contributed by atoms with E-state index < -0.39 is 0 Å². The Bertz CT molecular complexity index is 1080. The Balaban J connectivity index is 1.53. The summed E-state index contributed by atoms with van der Waals surface area (Å²) in [5, 5.41) is 17.0. The molecule has 0 aliphatic rings. The van der Waals surface area contributed by atoms with E-state index in [1.54, 1.807) is 23.4 Å². The zero-order valence-corrected chi connectivity index (χ0v) is 15.0. The van der Waals surface area contributed by atoms with E-state index in [9.17, 15) is 5.26 Å². The minimum atomic E-state index is 0.516. The number of aromatic nitrogens is 3. The molecule has 0 aliphatic carbocycles. The second kappa shape index (κ2) is 8.06. The molecule has 1 N–H and O–H groups in total. The molecule has 4 rings (SSSR count). The van der Waals surface area contributed by atoms with Crippen LogP contribution in [-0.4, -0.2) is 14.9 Å². The Hall–Kier alpha value is -4.11. The first-order valence-electron chi connectivity index (χ1n) is 8.75. The lowest BCUT2D eigenvalue weighted by molar-refractivity contribution is 0.306. The SMILES string of the molecule is N#Cc1ccc(Nn2cnnc2)cc1-c1ccc(OCc2ccccc2)cc1. The summed E-state index contributed by atoms with van der Waals surface area (Å²) in [6.07, 6.45) is 3.13. The molecule has 0 amide bonds. The van der Waals surface area contributed by atoms with Crippen molar-refractivity contribution in [3.63, 3.8) is 0 Å². The fourth-order valence-corrected chi connectivity index (χ4v) is 2.83. The molecule has 1 aromatic heterocycles. The van der Waals surface area contributed by atoms with Crippen LogP contribution in [0.5, 0.6) is 5.75 Å². The molecule has 4 aromatic rings. The first-order valence-corrected chi connectivity index (χ1v) is 8.75. The highest BCUT2D eigenvalue weighted by atomic mass is 16.5. The zero-order chi connectivity index (χ0) is 19.2. The number of nitriles is 1. The monoisotopic (exact) mass is 367 g/mol. The van der Waals surface area contributed by atoms with Crippen LogP contribution in [0.3, 0.4) is 0 Å². The lowest BCUT2D eigenvalue weighted by atomic mass is 9.99. The van der Waals surface area contributed by atoms with Crippen LogP contribution in [0.4, 0.5) is 5.69 Å². The predicted octanol–water partition coefficient (Wildman–Crippen LogP) is 4.27. The van der Waals surface area contributed by atoms with Crippen LogP contribution in [0.1, 0.15) is 11.1 Å². The summed E-state index contributed by atoms with van der Waals surface area (Å²) in [7, 11) is 0. The van der Waals surface area contributed by atoms with Crippen LogP contribution in [0, 0.1) is 11.3 Å². The highest BCUT2D eigenvalue weighted by molar-refractivity contribution is 5.74. The van der Waals surface area contributed by atoms with Crippen molar-refractivity contribution >= 4 is 5.69 Å². The van der Waals surface area contributed by atoms with Gasteiger partial charge >= 0.3 is 0 Å². The van der Waals surface area contributed by atoms with E-state index in [2.05, 4.69) is 21.7 Å². The predicted molar refractivity (Wildman–Crippen MR) is 106 cm³/mol. The summed E-state index contributed by atoms with van der Waals surface area (Å²) in [5.41, 5.74) is 7.49. The minimum absolute atomic E-state index is 0.516. The summed E-state index contributed by atoms with van der Waals surface area (Å²) < 4.78 is 7.48. The standard InChI is InChI=1S/C22H17N5O/c23-13-19-6-9-20(26-27-15-24-25-16-27)12-22(19)18-7-10-21(11-8-18)28-14-17-4-2-1-3-5-17/h1-12,15-16,26H,14H2. The van der Waals surface area contributed by atoms with Gasteiger partial charge in [0.05, 0.1) is 17.3 Å². The van der Waals surface area contributed by atoms with Crippen molar-refractivity contribution in [1.29, 1.82) is 5.26 Å². The van der Waals surface area contributed by atoms with E-state index >= 15 is 0 Å². The molecule has 28 heavy (non-hydrogen) atoms. The van der Waals surface area contributed by atoms with E-state index in [1.165, 1.54) is 0 Å². The molecule has 0 radical (unpaired) electrons. The van der Waals surface area contributed by atoms with Crippen LogP contribution in [0.25, 0.3) is 11.1 Å². The Morgan fingerprint density at radius 3 is 2.39 bits per heavy atom. The second-order valence-electron chi connectivity index (χ2n) is 6.15. The quantitative estimate of drug-likeness (QED) is 0.551. The maximum Gasteiger partial charge on any atom is 0.139 e. The van der Waals surface area contributed by atoms with Crippen LogP contribution < -0.4 is 10.2 Å². The summed E-state index contributed by atoms with van der Waals surface area (Å²) in [4.78, 5) is 0. The van der Waals surface area contributed by atoms with Gasteiger partial charge in [-0.25, -0.2) is 4.68 Å². The number of benzene rings is 3. The lowest BCUT2D eigenvalue weighted by Gasteiger charge is -2.11. The summed E-state index contributed by atoms with van der Waals surface area (Å²) >= 11 is 0. The second-order valence-corrected chi connectivity index (χ2v) is 6.15. The maximum atomic E-state index is 9.47. The third-order valence-corrected chi connectivity index (χ3v) is 4.23. The van der Waals surface area contributed by atoms with Gasteiger partial charge in [-0.2, -0.15) is 5.26 Å². The highest BCUT2D eigenvalue weighted by Crippen LogP contribution is 2.28. The van der Waals surface area contributed by atoms with Gasteiger partial charge in [0, 0.05) is 5.56 Å². The van der Waals surface area contributed by atoms with Gasteiger partial charge in [0.1, 0.15) is 25.0 Å². The average molecular weight is 367 g/mol. The largest absolute Gasteiger partial charge is 0.489 e. The Kier molecular flexibility index (Phi) is 4.98. The summed E-state index contributed by atoms with van der Waals surface area (Å²) in [6, 6.07) is 25.6. The molecular weight excluding hydrogens is 350 g/mol. The number of hydrogen-bond donors (Lipinski definition) is 1. The van der Waals surface area contributed by atoms with Crippen molar-refractivity contribution < 1.29 is 4.74 Å². The van der Waals surface area contributed by atoms with Gasteiger partial charge in [0.15, 0.2) is 0 Å². The zero-order valence-electron chi connectivity index (χ0n) is 15.0.